The molecule has 14 nitrogen and oxygen atoms in total. The number of methoxy groups -OCH3 is 4. The van der Waals surface area contributed by atoms with E-state index in [0.29, 0.717) is 62.7 Å². The van der Waals surface area contributed by atoms with Gasteiger partial charge in [-0.3, -0.25) is 14.4 Å². The van der Waals surface area contributed by atoms with Crippen molar-refractivity contribution in [3.05, 3.63) is 0 Å². The number of carbonyl (C=O) groups excluding carboxylic acids is 3. The van der Waals surface area contributed by atoms with Crippen molar-refractivity contribution < 1.29 is 225 Å². The second-order valence-electron chi connectivity index (χ2n) is 30.7. The van der Waals surface area contributed by atoms with Crippen LogP contribution in [0.3, 0.4) is 0 Å². The summed E-state index contributed by atoms with van der Waals surface area (Å²) in [6, 6.07) is 0. The number of hydrogen-bond acceptors (Lipinski definition) is 14. The number of halogens is 36. The van der Waals surface area contributed by atoms with Crippen molar-refractivity contribution in [2.24, 2.45) is 57.7 Å². The highest BCUT2D eigenvalue weighted by Crippen LogP contribution is 2.64. The Kier molecular flexibility index (Phi) is 32.9. The molecule has 15 atom stereocenters. The van der Waals surface area contributed by atoms with Crippen LogP contribution in [0.2, 0.25) is 0 Å². The molecule has 0 heterocycles. The molecule has 15 unspecified atom stereocenters. The molecule has 3 fully saturated rings. The van der Waals surface area contributed by atoms with Gasteiger partial charge in [-0.25, -0.2) is 0 Å². The summed E-state index contributed by atoms with van der Waals surface area (Å²) in [5.41, 5.74) is -43.8. The number of alkyl halides is 36. The van der Waals surface area contributed by atoms with Crippen LogP contribution in [0.15, 0.2) is 0 Å². The minimum atomic E-state index is -6.43. The van der Waals surface area contributed by atoms with Gasteiger partial charge in [0.25, 0.3) is 16.8 Å². The van der Waals surface area contributed by atoms with Crippen LogP contribution in [0.1, 0.15) is 167 Å². The van der Waals surface area contributed by atoms with Crippen molar-refractivity contribution in [3.8, 4) is 0 Å². The Hall–Kier alpha value is -4.43. The molecule has 0 amide bonds. The summed E-state index contributed by atoms with van der Waals surface area (Å²) in [4.78, 5) is 37.8. The zero-order valence-electron chi connectivity index (χ0n) is 63.8. The highest BCUT2D eigenvalue weighted by Gasteiger charge is 2.81. The molecule has 115 heavy (non-hydrogen) atoms. The predicted molar refractivity (Wildman–Crippen MR) is 321 cm³/mol. The van der Waals surface area contributed by atoms with E-state index in [2.05, 4.69) is 23.7 Å². The molecule has 3 aliphatic carbocycles. The monoisotopic (exact) mass is 1780 g/mol. The van der Waals surface area contributed by atoms with Crippen LogP contribution in [0, 0.1) is 57.7 Å². The second kappa shape index (κ2) is 34.8. The van der Waals surface area contributed by atoms with Crippen molar-refractivity contribution in [1.29, 1.82) is 0 Å². The number of esters is 3. The first kappa shape index (κ1) is 109. The van der Waals surface area contributed by atoms with Crippen molar-refractivity contribution in [3.63, 3.8) is 0 Å². The van der Waals surface area contributed by atoms with E-state index in [-0.39, 0.29) is 14.0 Å². The average molecular weight is 1780 g/mol. The van der Waals surface area contributed by atoms with Crippen molar-refractivity contribution in [2.75, 3.05) is 42.0 Å². The van der Waals surface area contributed by atoms with E-state index in [1.807, 2.05) is 0 Å². The Balaban J connectivity index is 0.000000864. The third-order valence-corrected chi connectivity index (χ3v) is 22.9. The van der Waals surface area contributed by atoms with Gasteiger partial charge in [0.2, 0.25) is 0 Å². The van der Waals surface area contributed by atoms with Gasteiger partial charge in [-0.2, -0.15) is 158 Å². The highest BCUT2D eigenvalue weighted by molar-refractivity contribution is 5.79. The molecule has 0 radical (unpaired) electrons. The molecule has 0 aromatic carbocycles. The number of rotatable bonds is 24. The Morgan fingerprint density at radius 3 is 0.870 bits per heavy atom. The Morgan fingerprint density at radius 1 is 0.322 bits per heavy atom. The maximum atomic E-state index is 14.3. The van der Waals surface area contributed by atoms with Gasteiger partial charge in [-0.1, -0.05) is 20.8 Å². The van der Waals surface area contributed by atoms with Crippen LogP contribution in [-0.4, -0.2) is 195 Å². The van der Waals surface area contributed by atoms with Crippen molar-refractivity contribution in [1.82, 2.24) is 0 Å². The molecule has 2 N–H and O–H groups in total. The van der Waals surface area contributed by atoms with E-state index in [4.69, 9.17) is 18.9 Å². The van der Waals surface area contributed by atoms with E-state index in [0.717, 1.165) is 41.7 Å². The van der Waals surface area contributed by atoms with E-state index in [1.54, 1.807) is 0 Å². The average Bonchev–Trinajstić information content (AvgIpc) is 0.730. The van der Waals surface area contributed by atoms with Gasteiger partial charge in [0.05, 0.1) is 0 Å². The SMILES string of the molecule is CCC(C)(C(=O)OC(C)(C)C1CC(C(C)(O)C(F)(F)F)CC(C(O)(C(F)(F)F)C(F)(F)F)C1)C(F)(F)F.CCC(C)(C(=O)OC1(C)CC(C(C)(OC)C(F)(F)F)CC(C(OC)(C(F)(F)F)C(F)(F)F)C1)C(F)(F)F.CCC(C)(C(=O)OC1(C)CC(C(C)(OCOC)C(F)(F)F)CC(C(OCOC)(C(F)(F)F)C(F)(F)F)C1)C(F)(F)F. The lowest BCUT2D eigenvalue weighted by Gasteiger charge is -2.53. The maximum absolute atomic E-state index is 14.3. The summed E-state index contributed by atoms with van der Waals surface area (Å²) < 4.78 is 539. The first-order valence-corrected chi connectivity index (χ1v) is 33.8. The normalized spacial score (nSPS) is 26.8. The molecule has 0 saturated heterocycles. The fourth-order valence-electron chi connectivity index (χ4n) is 14.1. The Labute approximate surface area is 633 Å². The molecule has 684 valence electrons. The lowest BCUT2D eigenvalue weighted by Crippen LogP contribution is -2.67. The standard InChI is InChI=1S/C23H32F12O6.2C21H28F12O4/c1-7-17(3,20(24,25)26)15(36)41-16(2)9-13(18(4,21(27,28)29)39-11-37-5)8-14(10-16)19(22(30,31)32,23(33,34)35)40-12-38-6;1-7-15(3,18(22,23)24)13(34)37-14(2)9-11(16(4,35-5)19(25,26)27)8-12(10-14)17(36-6,20(28,29)30)21(31,32)33;1-6-15(4,18(22,23)24)13(34)37-14(2,3)10-7-11(16(5,35)19(25,26)27)9-12(8-10)17(36,20(28,29)30)21(31,32)33/h13-14H,7-12H2,1-6H3;11-12H,7-10H2,1-6H3;10-12,35-36H,6-9H2,1-5H3. The second-order valence-corrected chi connectivity index (χ2v) is 30.7. The van der Waals surface area contributed by atoms with Gasteiger partial charge in [0.15, 0.2) is 33.0 Å². The molecule has 0 bridgehead atoms. The largest absolute Gasteiger partial charge is 0.459 e. The van der Waals surface area contributed by atoms with Crippen molar-refractivity contribution >= 4 is 17.9 Å². The molecule has 3 saturated carbocycles. The van der Waals surface area contributed by atoms with Crippen LogP contribution in [0.4, 0.5) is 158 Å². The number of hydrogen-bond donors (Lipinski definition) is 2. The van der Waals surface area contributed by atoms with Gasteiger partial charge in [0.1, 0.15) is 30.4 Å². The minimum absolute atomic E-state index is 0.0605. The molecule has 0 aromatic heterocycles. The fraction of sp³-hybridized carbons (Fsp3) is 0.954. The van der Waals surface area contributed by atoms with Crippen molar-refractivity contribution in [2.45, 2.75) is 292 Å². The molecule has 3 rings (SSSR count). The third-order valence-electron chi connectivity index (χ3n) is 22.9. The van der Waals surface area contributed by atoms with Crippen LogP contribution in [0.25, 0.3) is 0 Å². The summed E-state index contributed by atoms with van der Waals surface area (Å²) in [6.45, 7) is 5.14. The smallest absolute Gasteiger partial charge is 0.426 e. The molecule has 0 spiro atoms. The zero-order valence-corrected chi connectivity index (χ0v) is 63.8. The summed E-state index contributed by atoms with van der Waals surface area (Å²) in [6.07, 6.45) is -84.6. The van der Waals surface area contributed by atoms with Crippen LogP contribution < -0.4 is 0 Å². The quantitative estimate of drug-likeness (QED) is 0.0404. The number of aliphatic hydroxyl groups is 2. The van der Waals surface area contributed by atoms with E-state index >= 15 is 0 Å². The van der Waals surface area contributed by atoms with Crippen LogP contribution in [0.5, 0.6) is 0 Å². The van der Waals surface area contributed by atoms with E-state index < -0.39 is 291 Å². The fourth-order valence-corrected chi connectivity index (χ4v) is 14.1. The lowest BCUT2D eigenvalue weighted by molar-refractivity contribution is -0.416. The zero-order chi connectivity index (χ0) is 92.0. The van der Waals surface area contributed by atoms with Gasteiger partial charge in [-0.05, 0) is 158 Å². The minimum Gasteiger partial charge on any atom is -0.459 e. The Morgan fingerprint density at radius 2 is 0.600 bits per heavy atom. The molecule has 0 aromatic rings. The van der Waals surface area contributed by atoms with Crippen LogP contribution in [-0.2, 0) is 57.0 Å². The molecule has 3 aliphatic rings. The summed E-state index contributed by atoms with van der Waals surface area (Å²) in [5, 5.41) is 19.9. The summed E-state index contributed by atoms with van der Waals surface area (Å²) in [5.74, 6) is -23.7. The third kappa shape index (κ3) is 21.4. The lowest BCUT2D eigenvalue weighted by atomic mass is 9.61. The van der Waals surface area contributed by atoms with Crippen LogP contribution >= 0.6 is 0 Å². The number of carbonyl (C=O) groups is 3. The first-order valence-electron chi connectivity index (χ1n) is 33.8. The highest BCUT2D eigenvalue weighted by atomic mass is 19.5. The molecular weight excluding hydrogens is 1690 g/mol. The topological polar surface area (TPSA) is 175 Å². The first-order chi connectivity index (χ1) is 50.5. The summed E-state index contributed by atoms with van der Waals surface area (Å²) in [7, 11) is 2.17. The predicted octanol–water partition coefficient (Wildman–Crippen LogP) is 20.8. The van der Waals surface area contributed by atoms with E-state index in [9.17, 15) is 183 Å². The maximum Gasteiger partial charge on any atom is 0.426 e. The molecule has 0 aliphatic heterocycles. The molecular formula is C65H88F36O14. The molecule has 50 heteroatoms. The van der Waals surface area contributed by atoms with Gasteiger partial charge in [0, 0.05) is 58.0 Å². The number of ether oxygens (including phenoxy) is 9. The summed E-state index contributed by atoms with van der Waals surface area (Å²) >= 11 is 0. The van der Waals surface area contributed by atoms with Gasteiger partial charge in [-0.15, -0.1) is 0 Å². The Bertz CT molecular complexity index is 3140. The van der Waals surface area contributed by atoms with E-state index in [1.165, 1.54) is 0 Å². The van der Waals surface area contributed by atoms with Gasteiger partial charge >= 0.3 is 92.0 Å². The van der Waals surface area contributed by atoms with Gasteiger partial charge < -0.3 is 52.8 Å².